The lowest BCUT2D eigenvalue weighted by Crippen LogP contribution is -2.41. The number of carbonyl (C=O) groups excluding carboxylic acids is 2. The van der Waals surface area contributed by atoms with E-state index in [9.17, 15) is 19.1 Å². The van der Waals surface area contributed by atoms with Gasteiger partial charge in [-0.3, -0.25) is 14.5 Å². The minimum Gasteiger partial charge on any atom is -0.505 e. The summed E-state index contributed by atoms with van der Waals surface area (Å²) in [7, 11) is 0. The Kier molecular flexibility index (Phi) is 6.84. The Labute approximate surface area is 170 Å². The lowest BCUT2D eigenvalue weighted by Gasteiger charge is -2.26. The number of phenols is 1. The fourth-order valence-electron chi connectivity index (χ4n) is 2.70. The first-order valence-electron chi connectivity index (χ1n) is 8.61. The Bertz CT molecular complexity index is 871. The van der Waals surface area contributed by atoms with Crippen molar-refractivity contribution in [1.82, 2.24) is 10.2 Å². The average molecular weight is 428 g/mol. The maximum atomic E-state index is 13.5. The van der Waals surface area contributed by atoms with Crippen LogP contribution in [0.3, 0.4) is 0 Å². The van der Waals surface area contributed by atoms with Gasteiger partial charge in [0, 0.05) is 31.7 Å². The second kappa shape index (κ2) is 9.33. The molecule has 0 spiro atoms. The first-order chi connectivity index (χ1) is 13.4. The van der Waals surface area contributed by atoms with E-state index in [1.54, 1.807) is 0 Å². The molecule has 2 amide bonds. The van der Waals surface area contributed by atoms with Crippen LogP contribution in [0, 0.1) is 5.82 Å². The van der Waals surface area contributed by atoms with E-state index in [-0.39, 0.29) is 22.0 Å². The molecule has 10 heteroatoms. The monoisotopic (exact) mass is 427 g/mol. The molecule has 1 fully saturated rings. The smallest absolute Gasteiger partial charge is 0.263 e. The Balaban J connectivity index is 1.62. The van der Waals surface area contributed by atoms with Crippen LogP contribution in [0.4, 0.5) is 10.1 Å². The summed E-state index contributed by atoms with van der Waals surface area (Å²) in [5, 5.41) is 14.6. The number of hydrogen-bond donors (Lipinski definition) is 3. The van der Waals surface area contributed by atoms with Crippen LogP contribution in [0.2, 0.25) is 4.34 Å². The van der Waals surface area contributed by atoms with Gasteiger partial charge in [0.25, 0.3) is 11.8 Å². The maximum Gasteiger partial charge on any atom is 0.263 e. The van der Waals surface area contributed by atoms with Crippen LogP contribution >= 0.6 is 22.9 Å². The van der Waals surface area contributed by atoms with E-state index in [2.05, 4.69) is 15.5 Å². The molecule has 0 saturated carbocycles. The van der Waals surface area contributed by atoms with Crippen LogP contribution in [0.1, 0.15) is 20.0 Å². The van der Waals surface area contributed by atoms with Crippen molar-refractivity contribution in [3.63, 3.8) is 0 Å². The van der Waals surface area contributed by atoms with E-state index >= 15 is 0 Å². The molecule has 150 valence electrons. The van der Waals surface area contributed by atoms with Crippen molar-refractivity contribution in [2.75, 3.05) is 44.7 Å². The predicted molar refractivity (Wildman–Crippen MR) is 105 cm³/mol. The Morgan fingerprint density at radius 1 is 1.25 bits per heavy atom. The van der Waals surface area contributed by atoms with Gasteiger partial charge >= 0.3 is 0 Å². The second-order valence-corrected chi connectivity index (χ2v) is 7.81. The van der Waals surface area contributed by atoms with E-state index in [0.29, 0.717) is 30.6 Å². The first kappa shape index (κ1) is 20.5. The highest BCUT2D eigenvalue weighted by molar-refractivity contribution is 7.18. The molecule has 1 aromatic carbocycles. The molecule has 0 unspecified atom stereocenters. The molecule has 0 aliphatic carbocycles. The van der Waals surface area contributed by atoms with Crippen LogP contribution in [-0.2, 0) is 4.74 Å². The summed E-state index contributed by atoms with van der Waals surface area (Å²) in [5.74, 6) is -2.42. The lowest BCUT2D eigenvalue weighted by molar-refractivity contribution is 0.0383. The van der Waals surface area contributed by atoms with Gasteiger partial charge in [0.15, 0.2) is 11.6 Å². The highest BCUT2D eigenvalue weighted by Crippen LogP contribution is 2.31. The molecule has 0 atom stereocenters. The Morgan fingerprint density at radius 3 is 2.71 bits per heavy atom. The van der Waals surface area contributed by atoms with Gasteiger partial charge in [-0.05, 0) is 24.3 Å². The molecule has 28 heavy (non-hydrogen) atoms. The third kappa shape index (κ3) is 5.20. The van der Waals surface area contributed by atoms with Gasteiger partial charge in [0.2, 0.25) is 0 Å². The number of morpholine rings is 1. The maximum absolute atomic E-state index is 13.5. The molecule has 1 aliphatic heterocycles. The van der Waals surface area contributed by atoms with E-state index in [1.807, 2.05) is 0 Å². The van der Waals surface area contributed by atoms with Gasteiger partial charge in [-0.1, -0.05) is 11.6 Å². The average Bonchev–Trinajstić information content (AvgIpc) is 3.05. The van der Waals surface area contributed by atoms with E-state index in [0.717, 1.165) is 36.6 Å². The molecular weight excluding hydrogens is 409 g/mol. The van der Waals surface area contributed by atoms with Crippen molar-refractivity contribution >= 4 is 40.4 Å². The number of halogens is 2. The summed E-state index contributed by atoms with van der Waals surface area (Å²) in [6.45, 7) is 4.16. The second-order valence-electron chi connectivity index (χ2n) is 6.12. The number of aromatic hydroxyl groups is 1. The molecule has 7 nitrogen and oxygen atoms in total. The van der Waals surface area contributed by atoms with Crippen LogP contribution in [0.25, 0.3) is 0 Å². The number of amides is 2. The summed E-state index contributed by atoms with van der Waals surface area (Å²) in [4.78, 5) is 27.3. The van der Waals surface area contributed by atoms with Crippen molar-refractivity contribution in [2.24, 2.45) is 0 Å². The predicted octanol–water partition coefficient (Wildman–Crippen LogP) is 2.56. The quantitative estimate of drug-likeness (QED) is 0.659. The lowest BCUT2D eigenvalue weighted by atomic mass is 10.2. The third-order valence-corrected chi connectivity index (χ3v) is 5.45. The van der Waals surface area contributed by atoms with Gasteiger partial charge in [-0.15, -0.1) is 11.3 Å². The molecule has 1 saturated heterocycles. The molecule has 1 aliphatic rings. The molecule has 3 rings (SSSR count). The number of phenolic OH excluding ortho intramolecular Hbond substituents is 1. The number of rotatable bonds is 6. The number of anilines is 1. The van der Waals surface area contributed by atoms with Crippen molar-refractivity contribution in [2.45, 2.75) is 0 Å². The normalized spacial score (nSPS) is 14.6. The molecule has 2 heterocycles. The highest BCUT2D eigenvalue weighted by atomic mass is 35.5. The SMILES string of the molecule is O=C(Nc1cc(Cl)sc1C(=O)NCCN1CCOCC1)c1ccc(O)c(F)c1. The standard InChI is InChI=1S/C18H19ClFN3O4S/c19-15-10-13(22-17(25)11-1-2-14(24)12(20)9-11)16(28-15)18(26)21-3-4-23-5-7-27-8-6-23/h1-2,9-10,24H,3-8H2,(H,21,26)(H,22,25). The highest BCUT2D eigenvalue weighted by Gasteiger charge is 2.19. The first-order valence-corrected chi connectivity index (χ1v) is 9.81. The van der Waals surface area contributed by atoms with Gasteiger partial charge in [0.05, 0.1) is 23.2 Å². The number of benzene rings is 1. The van der Waals surface area contributed by atoms with Crippen LogP contribution in [0.5, 0.6) is 5.75 Å². The fraction of sp³-hybridized carbons (Fsp3) is 0.333. The van der Waals surface area contributed by atoms with Crippen LogP contribution in [-0.4, -0.2) is 61.2 Å². The summed E-state index contributed by atoms with van der Waals surface area (Å²) < 4.78 is 19.1. The molecular formula is C18H19ClFN3O4S. The Morgan fingerprint density at radius 2 is 2.00 bits per heavy atom. The van der Waals surface area contributed by atoms with Gasteiger partial charge in [-0.25, -0.2) is 4.39 Å². The van der Waals surface area contributed by atoms with E-state index in [4.69, 9.17) is 16.3 Å². The molecule has 3 N–H and O–H groups in total. The van der Waals surface area contributed by atoms with Crippen LogP contribution in [0.15, 0.2) is 24.3 Å². The topological polar surface area (TPSA) is 90.9 Å². The molecule has 2 aromatic rings. The summed E-state index contributed by atoms with van der Waals surface area (Å²) in [6, 6.07) is 4.76. The third-order valence-electron chi connectivity index (χ3n) is 4.18. The number of nitrogens with zero attached hydrogens (tertiary/aromatic N) is 1. The molecule has 0 bridgehead atoms. The zero-order chi connectivity index (χ0) is 20.1. The number of hydrogen-bond acceptors (Lipinski definition) is 6. The van der Waals surface area contributed by atoms with Crippen molar-refractivity contribution < 1.29 is 23.8 Å². The zero-order valence-electron chi connectivity index (χ0n) is 14.8. The molecule has 1 aromatic heterocycles. The van der Waals surface area contributed by atoms with Gasteiger partial charge in [0.1, 0.15) is 4.88 Å². The van der Waals surface area contributed by atoms with Crippen molar-refractivity contribution in [3.05, 3.63) is 44.9 Å². The molecule has 0 radical (unpaired) electrons. The minimum atomic E-state index is -0.905. The minimum absolute atomic E-state index is 0.0105. The number of thiophene rings is 1. The van der Waals surface area contributed by atoms with Crippen LogP contribution < -0.4 is 10.6 Å². The Hall–Kier alpha value is -2.20. The van der Waals surface area contributed by atoms with E-state index in [1.165, 1.54) is 12.1 Å². The van der Waals surface area contributed by atoms with Crippen molar-refractivity contribution in [1.29, 1.82) is 0 Å². The number of carbonyl (C=O) groups is 2. The zero-order valence-corrected chi connectivity index (χ0v) is 16.4. The number of ether oxygens (including phenoxy) is 1. The largest absolute Gasteiger partial charge is 0.505 e. The van der Waals surface area contributed by atoms with Gasteiger partial charge in [-0.2, -0.15) is 0 Å². The van der Waals surface area contributed by atoms with E-state index < -0.39 is 17.5 Å². The van der Waals surface area contributed by atoms with Crippen molar-refractivity contribution in [3.8, 4) is 5.75 Å². The summed E-state index contributed by atoms with van der Waals surface area (Å²) >= 11 is 7.06. The summed E-state index contributed by atoms with van der Waals surface area (Å²) in [5.41, 5.74) is 0.258. The summed E-state index contributed by atoms with van der Waals surface area (Å²) in [6.07, 6.45) is 0. The number of nitrogens with one attached hydrogen (secondary N) is 2. The van der Waals surface area contributed by atoms with Gasteiger partial charge < -0.3 is 20.5 Å². The fourth-order valence-corrected chi connectivity index (χ4v) is 3.79.